The third kappa shape index (κ3) is 2.87. The molecule has 0 radical (unpaired) electrons. The van der Waals surface area contributed by atoms with E-state index in [2.05, 4.69) is 0 Å². The molecular weight excluding hydrogens is 166 g/mol. The normalized spacial score (nSPS) is 9.62. The Morgan fingerprint density at radius 2 is 2.08 bits per heavy atom. The van der Waals surface area contributed by atoms with Gasteiger partial charge in [0.1, 0.15) is 6.73 Å². The van der Waals surface area contributed by atoms with E-state index in [4.69, 9.17) is 4.74 Å². The molecule has 0 atom stereocenters. The second-order valence-electron chi connectivity index (χ2n) is 2.53. The lowest BCUT2D eigenvalue weighted by Gasteiger charge is -2.16. The van der Waals surface area contributed by atoms with Crippen LogP contribution in [0.15, 0.2) is 30.3 Å². The number of para-hydroxylation sites is 1. The number of ether oxygens (including phenoxy) is 1. The van der Waals surface area contributed by atoms with Crippen molar-refractivity contribution in [2.24, 2.45) is 0 Å². The van der Waals surface area contributed by atoms with Crippen molar-refractivity contribution in [2.45, 2.75) is 6.92 Å². The molecular formula is C10H13NO2. The Kier molecular flexibility index (Phi) is 3.99. The summed E-state index contributed by atoms with van der Waals surface area (Å²) in [6.07, 6.45) is 0.769. The molecule has 0 saturated carbocycles. The number of carbonyl (C=O) groups is 1. The molecule has 0 N–H and O–H groups in total. The Morgan fingerprint density at radius 3 is 2.62 bits per heavy atom. The van der Waals surface area contributed by atoms with Gasteiger partial charge in [-0.1, -0.05) is 18.2 Å². The van der Waals surface area contributed by atoms with Gasteiger partial charge < -0.3 is 4.74 Å². The predicted molar refractivity (Wildman–Crippen MR) is 51.5 cm³/mol. The Hall–Kier alpha value is -1.35. The molecule has 0 spiro atoms. The summed E-state index contributed by atoms with van der Waals surface area (Å²) in [6, 6.07) is 9.42. The molecule has 0 fully saturated rings. The quantitative estimate of drug-likeness (QED) is 0.508. The van der Waals surface area contributed by atoms with Gasteiger partial charge in [-0.05, 0) is 19.1 Å². The molecule has 1 aromatic carbocycles. The molecule has 0 aromatic heterocycles. The summed E-state index contributed by atoms with van der Waals surface area (Å²) in [4.78, 5) is 12.2. The number of benzene rings is 1. The molecule has 0 aliphatic heterocycles. The molecule has 1 rings (SSSR count). The molecule has 0 aliphatic rings. The maximum atomic E-state index is 10.7. The van der Waals surface area contributed by atoms with Gasteiger partial charge in [-0.2, -0.15) is 0 Å². The smallest absolute Gasteiger partial charge is 0.216 e. The molecule has 13 heavy (non-hydrogen) atoms. The van der Waals surface area contributed by atoms with Crippen molar-refractivity contribution in [1.82, 2.24) is 0 Å². The van der Waals surface area contributed by atoms with Gasteiger partial charge in [0.15, 0.2) is 0 Å². The first kappa shape index (κ1) is 9.74. The first-order valence-electron chi connectivity index (χ1n) is 4.23. The lowest BCUT2D eigenvalue weighted by Crippen LogP contribution is -2.24. The summed E-state index contributed by atoms with van der Waals surface area (Å²) >= 11 is 0. The molecule has 70 valence electrons. The third-order valence-electron chi connectivity index (χ3n) is 1.65. The van der Waals surface area contributed by atoms with Crippen molar-refractivity contribution in [3.05, 3.63) is 30.3 Å². The van der Waals surface area contributed by atoms with E-state index in [9.17, 15) is 4.79 Å². The van der Waals surface area contributed by atoms with Gasteiger partial charge in [-0.15, -0.1) is 0 Å². The first-order chi connectivity index (χ1) is 6.38. The van der Waals surface area contributed by atoms with Crippen LogP contribution in [0, 0.1) is 0 Å². The molecule has 0 heterocycles. The molecule has 1 amide bonds. The number of hydrogen-bond donors (Lipinski definition) is 0. The van der Waals surface area contributed by atoms with Crippen LogP contribution in [0.3, 0.4) is 0 Å². The second-order valence-corrected chi connectivity index (χ2v) is 2.53. The summed E-state index contributed by atoms with van der Waals surface area (Å²) in [7, 11) is 0. The molecule has 0 unspecified atom stereocenters. The molecule has 0 bridgehead atoms. The standard InChI is InChI=1S/C10H13NO2/c1-2-13-9-11(8-12)10-6-4-3-5-7-10/h3-8H,2,9H2,1H3. The third-order valence-corrected chi connectivity index (χ3v) is 1.65. The van der Waals surface area contributed by atoms with E-state index in [1.54, 1.807) is 0 Å². The maximum absolute atomic E-state index is 10.7. The minimum atomic E-state index is 0.310. The lowest BCUT2D eigenvalue weighted by molar-refractivity contribution is -0.108. The summed E-state index contributed by atoms with van der Waals surface area (Å²) in [5.41, 5.74) is 0.853. The van der Waals surface area contributed by atoms with Gasteiger partial charge in [-0.3, -0.25) is 9.69 Å². The van der Waals surface area contributed by atoms with Crippen LogP contribution in [0.4, 0.5) is 5.69 Å². The Balaban J connectivity index is 2.61. The number of nitrogens with zero attached hydrogens (tertiary/aromatic N) is 1. The van der Waals surface area contributed by atoms with Crippen LogP contribution in [0.25, 0.3) is 0 Å². The van der Waals surface area contributed by atoms with Crippen LogP contribution in [-0.2, 0) is 9.53 Å². The monoisotopic (exact) mass is 179 g/mol. The van der Waals surface area contributed by atoms with Crippen molar-refractivity contribution in [1.29, 1.82) is 0 Å². The van der Waals surface area contributed by atoms with Crippen molar-refractivity contribution in [3.8, 4) is 0 Å². The number of anilines is 1. The van der Waals surface area contributed by atoms with Crippen LogP contribution in [-0.4, -0.2) is 19.7 Å². The van der Waals surface area contributed by atoms with E-state index < -0.39 is 0 Å². The van der Waals surface area contributed by atoms with Gasteiger partial charge in [0.2, 0.25) is 6.41 Å². The van der Waals surface area contributed by atoms with E-state index >= 15 is 0 Å². The lowest BCUT2D eigenvalue weighted by atomic mass is 10.3. The number of amides is 1. The maximum Gasteiger partial charge on any atom is 0.216 e. The Labute approximate surface area is 77.9 Å². The van der Waals surface area contributed by atoms with Crippen molar-refractivity contribution >= 4 is 12.1 Å². The average molecular weight is 179 g/mol. The molecule has 3 heteroatoms. The predicted octanol–water partition coefficient (Wildman–Crippen LogP) is 1.64. The minimum Gasteiger partial charge on any atom is -0.361 e. The molecule has 0 aliphatic carbocycles. The van der Waals surface area contributed by atoms with Crippen LogP contribution < -0.4 is 4.90 Å². The summed E-state index contributed by atoms with van der Waals surface area (Å²) < 4.78 is 5.14. The van der Waals surface area contributed by atoms with E-state index in [1.807, 2.05) is 37.3 Å². The first-order valence-corrected chi connectivity index (χ1v) is 4.23. The average Bonchev–Trinajstić information content (AvgIpc) is 2.21. The summed E-state index contributed by atoms with van der Waals surface area (Å²) in [5, 5.41) is 0. The fraction of sp³-hybridized carbons (Fsp3) is 0.300. The zero-order chi connectivity index (χ0) is 9.52. The Morgan fingerprint density at radius 1 is 1.38 bits per heavy atom. The fourth-order valence-corrected chi connectivity index (χ4v) is 0.975. The zero-order valence-electron chi connectivity index (χ0n) is 7.64. The number of carbonyl (C=O) groups excluding carboxylic acids is 1. The number of rotatable bonds is 5. The van der Waals surface area contributed by atoms with Crippen LogP contribution in [0.5, 0.6) is 0 Å². The van der Waals surface area contributed by atoms with E-state index in [1.165, 1.54) is 4.90 Å². The van der Waals surface area contributed by atoms with Gasteiger partial charge >= 0.3 is 0 Å². The second kappa shape index (κ2) is 5.32. The summed E-state index contributed by atoms with van der Waals surface area (Å²) in [6.45, 7) is 2.81. The van der Waals surface area contributed by atoms with Gasteiger partial charge in [0, 0.05) is 12.3 Å². The molecule has 1 aromatic rings. The van der Waals surface area contributed by atoms with Crippen LogP contribution in [0.2, 0.25) is 0 Å². The van der Waals surface area contributed by atoms with E-state index in [0.717, 1.165) is 12.1 Å². The minimum absolute atomic E-state index is 0.310. The highest BCUT2D eigenvalue weighted by atomic mass is 16.5. The van der Waals surface area contributed by atoms with Gasteiger partial charge in [-0.25, -0.2) is 0 Å². The highest BCUT2D eigenvalue weighted by Gasteiger charge is 2.02. The number of hydrogen-bond acceptors (Lipinski definition) is 2. The zero-order valence-corrected chi connectivity index (χ0v) is 7.64. The van der Waals surface area contributed by atoms with Crippen LogP contribution in [0.1, 0.15) is 6.92 Å². The SMILES string of the molecule is CCOCN(C=O)c1ccccc1. The highest BCUT2D eigenvalue weighted by Crippen LogP contribution is 2.10. The van der Waals surface area contributed by atoms with Gasteiger partial charge in [0.25, 0.3) is 0 Å². The fourth-order valence-electron chi connectivity index (χ4n) is 0.975. The highest BCUT2D eigenvalue weighted by molar-refractivity contribution is 5.74. The largest absolute Gasteiger partial charge is 0.361 e. The van der Waals surface area contributed by atoms with Crippen LogP contribution >= 0.6 is 0 Å². The molecule has 3 nitrogen and oxygen atoms in total. The molecule has 0 saturated heterocycles. The van der Waals surface area contributed by atoms with Crippen molar-refractivity contribution < 1.29 is 9.53 Å². The Bertz CT molecular complexity index is 248. The summed E-state index contributed by atoms with van der Waals surface area (Å²) in [5.74, 6) is 0. The van der Waals surface area contributed by atoms with Gasteiger partial charge in [0.05, 0.1) is 0 Å². The van der Waals surface area contributed by atoms with Crippen molar-refractivity contribution in [3.63, 3.8) is 0 Å². The van der Waals surface area contributed by atoms with E-state index in [0.29, 0.717) is 13.3 Å². The topological polar surface area (TPSA) is 29.5 Å². The van der Waals surface area contributed by atoms with Crippen molar-refractivity contribution in [2.75, 3.05) is 18.2 Å². The van der Waals surface area contributed by atoms with E-state index in [-0.39, 0.29) is 0 Å².